The van der Waals surface area contributed by atoms with E-state index in [-0.39, 0.29) is 0 Å². The topological polar surface area (TPSA) is 12.0 Å². The Morgan fingerprint density at radius 1 is 0.850 bits per heavy atom. The van der Waals surface area contributed by atoms with Gasteiger partial charge in [-0.15, -0.1) is 0 Å². The molecule has 3 rings (SSSR count). The van der Waals surface area contributed by atoms with E-state index in [4.69, 9.17) is 0 Å². The van der Waals surface area contributed by atoms with E-state index in [9.17, 15) is 0 Å². The molecule has 20 heavy (non-hydrogen) atoms. The van der Waals surface area contributed by atoms with Crippen LogP contribution in [0.1, 0.15) is 5.56 Å². The van der Waals surface area contributed by atoms with Crippen LogP contribution in [0, 0.1) is 0 Å². The van der Waals surface area contributed by atoms with Crippen molar-refractivity contribution in [3.8, 4) is 0 Å². The van der Waals surface area contributed by atoms with Gasteiger partial charge in [0.2, 0.25) is 0 Å². The maximum atomic E-state index is 3.57. The van der Waals surface area contributed by atoms with E-state index in [0.717, 1.165) is 21.2 Å². The molecule has 0 radical (unpaired) electrons. The number of hydrogen-bond acceptors (Lipinski definition) is 1. The number of nitrogens with one attached hydrogen (secondary N) is 1. The van der Waals surface area contributed by atoms with Crippen molar-refractivity contribution in [2.24, 2.45) is 0 Å². The van der Waals surface area contributed by atoms with Gasteiger partial charge < -0.3 is 5.32 Å². The van der Waals surface area contributed by atoms with Crippen molar-refractivity contribution in [3.63, 3.8) is 0 Å². The third-order valence-electron chi connectivity index (χ3n) is 3.28. The van der Waals surface area contributed by atoms with Crippen LogP contribution in [0.15, 0.2) is 69.6 Å². The molecule has 1 nitrogen and oxygen atoms in total. The minimum atomic E-state index is 0.802. The lowest BCUT2D eigenvalue weighted by Crippen LogP contribution is -2.00. The Kier molecular flexibility index (Phi) is 4.08. The highest BCUT2D eigenvalue weighted by Gasteiger charge is 2.03. The number of fused-ring (bicyclic) bond motifs is 1. The standard InChI is InChI=1S/C17H13Br2N/c18-14-8-9-16(19)17(10-14)20-11-13-6-3-5-12-4-1-2-7-15(12)13/h1-10,20H,11H2. The van der Waals surface area contributed by atoms with Gasteiger partial charge in [-0.3, -0.25) is 0 Å². The van der Waals surface area contributed by atoms with Crippen LogP contribution in [0.2, 0.25) is 0 Å². The number of halogens is 2. The first kappa shape index (κ1) is 13.7. The molecule has 0 fully saturated rings. The fourth-order valence-electron chi connectivity index (χ4n) is 2.27. The lowest BCUT2D eigenvalue weighted by atomic mass is 10.0. The average Bonchev–Trinajstić information content (AvgIpc) is 2.48. The van der Waals surface area contributed by atoms with Gasteiger partial charge in [-0.25, -0.2) is 0 Å². The molecule has 0 atom stereocenters. The van der Waals surface area contributed by atoms with Crippen molar-refractivity contribution in [2.45, 2.75) is 6.54 Å². The first-order chi connectivity index (χ1) is 9.74. The molecule has 0 saturated heterocycles. The summed E-state index contributed by atoms with van der Waals surface area (Å²) in [6, 6.07) is 21.0. The third-order valence-corrected chi connectivity index (χ3v) is 4.46. The summed E-state index contributed by atoms with van der Waals surface area (Å²) in [4.78, 5) is 0. The zero-order valence-corrected chi connectivity index (χ0v) is 13.9. The van der Waals surface area contributed by atoms with Gasteiger partial charge >= 0.3 is 0 Å². The van der Waals surface area contributed by atoms with E-state index in [0.29, 0.717) is 0 Å². The number of anilines is 1. The Morgan fingerprint density at radius 3 is 2.55 bits per heavy atom. The normalized spacial score (nSPS) is 10.7. The van der Waals surface area contributed by atoms with Gasteiger partial charge in [0.1, 0.15) is 0 Å². The SMILES string of the molecule is Brc1ccc(Br)c(NCc2cccc3ccccc23)c1. The summed E-state index contributed by atoms with van der Waals surface area (Å²) >= 11 is 7.07. The van der Waals surface area contributed by atoms with Crippen molar-refractivity contribution >= 4 is 48.3 Å². The van der Waals surface area contributed by atoms with Crippen LogP contribution < -0.4 is 5.32 Å². The lowest BCUT2D eigenvalue weighted by molar-refractivity contribution is 1.16. The average molecular weight is 391 g/mol. The third kappa shape index (κ3) is 2.89. The smallest absolute Gasteiger partial charge is 0.0498 e. The summed E-state index contributed by atoms with van der Waals surface area (Å²) in [5.74, 6) is 0. The summed E-state index contributed by atoms with van der Waals surface area (Å²) in [6.07, 6.45) is 0. The Balaban J connectivity index is 1.89. The maximum absolute atomic E-state index is 3.57. The Morgan fingerprint density at radius 2 is 1.65 bits per heavy atom. The monoisotopic (exact) mass is 389 g/mol. The van der Waals surface area contributed by atoms with Gasteiger partial charge in [-0.1, -0.05) is 58.4 Å². The molecule has 0 aromatic heterocycles. The van der Waals surface area contributed by atoms with E-state index in [1.165, 1.54) is 16.3 Å². The van der Waals surface area contributed by atoms with E-state index >= 15 is 0 Å². The molecule has 1 N–H and O–H groups in total. The highest BCUT2D eigenvalue weighted by atomic mass is 79.9. The highest BCUT2D eigenvalue weighted by molar-refractivity contribution is 9.11. The van der Waals surface area contributed by atoms with Crippen LogP contribution in [0.5, 0.6) is 0 Å². The molecular weight excluding hydrogens is 378 g/mol. The summed E-state index contributed by atoms with van der Waals surface area (Å²) < 4.78 is 2.14. The van der Waals surface area contributed by atoms with Gasteiger partial charge in [0, 0.05) is 21.2 Å². The summed E-state index contributed by atoms with van der Waals surface area (Å²) in [5, 5.41) is 6.06. The van der Waals surface area contributed by atoms with Crippen LogP contribution in [0.4, 0.5) is 5.69 Å². The fourth-order valence-corrected chi connectivity index (χ4v) is 3.02. The molecule has 0 heterocycles. The first-order valence-corrected chi connectivity index (χ1v) is 7.98. The van der Waals surface area contributed by atoms with Crippen molar-refractivity contribution in [1.82, 2.24) is 0 Å². The Bertz CT molecular complexity index is 748. The molecule has 3 aromatic rings. The van der Waals surface area contributed by atoms with Gasteiger partial charge in [-0.2, -0.15) is 0 Å². The molecule has 0 aliphatic carbocycles. The molecule has 0 aliphatic heterocycles. The van der Waals surface area contributed by atoms with Crippen LogP contribution in [0.3, 0.4) is 0 Å². The van der Waals surface area contributed by atoms with Crippen molar-refractivity contribution in [3.05, 3.63) is 75.2 Å². The van der Waals surface area contributed by atoms with E-state index in [2.05, 4.69) is 85.7 Å². The zero-order chi connectivity index (χ0) is 13.9. The molecule has 0 spiro atoms. The highest BCUT2D eigenvalue weighted by Crippen LogP contribution is 2.27. The fraction of sp³-hybridized carbons (Fsp3) is 0.0588. The van der Waals surface area contributed by atoms with E-state index in [1.54, 1.807) is 0 Å². The summed E-state index contributed by atoms with van der Waals surface area (Å²) in [7, 11) is 0. The van der Waals surface area contributed by atoms with Gasteiger partial charge in [0.15, 0.2) is 0 Å². The predicted octanol–water partition coefficient (Wildman–Crippen LogP) is 5.98. The second kappa shape index (κ2) is 5.98. The molecule has 3 aromatic carbocycles. The Labute approximate surface area is 135 Å². The minimum Gasteiger partial charge on any atom is -0.380 e. The van der Waals surface area contributed by atoms with Gasteiger partial charge in [0.05, 0.1) is 0 Å². The zero-order valence-electron chi connectivity index (χ0n) is 10.7. The van der Waals surface area contributed by atoms with Crippen molar-refractivity contribution in [2.75, 3.05) is 5.32 Å². The van der Waals surface area contributed by atoms with Crippen LogP contribution in [-0.2, 0) is 6.54 Å². The number of rotatable bonds is 3. The molecule has 100 valence electrons. The molecule has 0 aliphatic rings. The predicted molar refractivity (Wildman–Crippen MR) is 93.1 cm³/mol. The van der Waals surface area contributed by atoms with Crippen molar-refractivity contribution in [1.29, 1.82) is 0 Å². The largest absolute Gasteiger partial charge is 0.380 e. The number of benzene rings is 3. The number of hydrogen-bond donors (Lipinski definition) is 1. The lowest BCUT2D eigenvalue weighted by Gasteiger charge is -2.11. The van der Waals surface area contributed by atoms with Crippen LogP contribution in [0.25, 0.3) is 10.8 Å². The first-order valence-electron chi connectivity index (χ1n) is 6.39. The summed E-state index contributed by atoms with van der Waals surface area (Å²) in [5.41, 5.74) is 2.39. The maximum Gasteiger partial charge on any atom is 0.0498 e. The van der Waals surface area contributed by atoms with Gasteiger partial charge in [-0.05, 0) is 50.5 Å². The van der Waals surface area contributed by atoms with E-state index in [1.807, 2.05) is 12.1 Å². The van der Waals surface area contributed by atoms with Crippen LogP contribution >= 0.6 is 31.9 Å². The van der Waals surface area contributed by atoms with Gasteiger partial charge in [0.25, 0.3) is 0 Å². The van der Waals surface area contributed by atoms with Crippen LogP contribution in [-0.4, -0.2) is 0 Å². The van der Waals surface area contributed by atoms with Crippen molar-refractivity contribution < 1.29 is 0 Å². The molecule has 3 heteroatoms. The Hall–Kier alpha value is -1.32. The molecular formula is C17H13Br2N. The molecule has 0 amide bonds. The second-order valence-corrected chi connectivity index (χ2v) is 6.39. The quantitative estimate of drug-likeness (QED) is 0.580. The van der Waals surface area contributed by atoms with E-state index < -0.39 is 0 Å². The molecule has 0 bridgehead atoms. The molecule has 0 unspecified atom stereocenters. The second-order valence-electron chi connectivity index (χ2n) is 4.62. The molecule has 0 saturated carbocycles. The summed E-state index contributed by atoms with van der Waals surface area (Å²) in [6.45, 7) is 0.802. The minimum absolute atomic E-state index is 0.802.